The summed E-state index contributed by atoms with van der Waals surface area (Å²) in [4.78, 5) is 2.49. The lowest BCUT2D eigenvalue weighted by molar-refractivity contribution is 0.140. The number of nitrogens with zero attached hydrogens (tertiary/aromatic N) is 1. The molecule has 0 amide bonds. The quantitative estimate of drug-likeness (QED) is 0.850. The number of benzene rings is 1. The van der Waals surface area contributed by atoms with E-state index in [4.69, 9.17) is 0 Å². The molecule has 3 heteroatoms. The van der Waals surface area contributed by atoms with Crippen molar-refractivity contribution in [2.24, 2.45) is 0 Å². The van der Waals surface area contributed by atoms with Gasteiger partial charge in [-0.05, 0) is 37.0 Å². The molecule has 0 bridgehead atoms. The number of aliphatic hydroxyl groups excluding tert-OH is 1. The van der Waals surface area contributed by atoms with Gasteiger partial charge in [-0.15, -0.1) is 0 Å². The molecule has 0 radical (unpaired) electrons. The number of rotatable bonds is 4. The summed E-state index contributed by atoms with van der Waals surface area (Å²) in [6.45, 7) is 8.83. The van der Waals surface area contributed by atoms with Crippen molar-refractivity contribution in [2.75, 3.05) is 32.8 Å². The van der Waals surface area contributed by atoms with Gasteiger partial charge in [-0.25, -0.2) is 0 Å². The fourth-order valence-corrected chi connectivity index (χ4v) is 2.79. The molecule has 2 rings (SSSR count). The van der Waals surface area contributed by atoms with Crippen LogP contribution in [0.5, 0.6) is 0 Å². The molecule has 100 valence electrons. The van der Waals surface area contributed by atoms with Gasteiger partial charge in [0.2, 0.25) is 0 Å². The molecule has 1 aliphatic heterocycles. The third-order valence-corrected chi connectivity index (χ3v) is 4.00. The number of aliphatic hydroxyl groups is 1. The number of nitrogens with one attached hydrogen (secondary N) is 1. The van der Waals surface area contributed by atoms with Crippen molar-refractivity contribution >= 4 is 0 Å². The van der Waals surface area contributed by atoms with Gasteiger partial charge in [0.05, 0.1) is 0 Å². The first-order chi connectivity index (χ1) is 8.74. The van der Waals surface area contributed by atoms with Crippen molar-refractivity contribution in [3.05, 3.63) is 34.9 Å². The predicted octanol–water partition coefficient (Wildman–Crippen LogP) is 1.63. The molecule has 1 aromatic rings. The molecule has 1 heterocycles. The highest BCUT2D eigenvalue weighted by Crippen LogP contribution is 2.28. The van der Waals surface area contributed by atoms with Gasteiger partial charge < -0.3 is 10.4 Å². The molecule has 1 aliphatic rings. The Kier molecular flexibility index (Phi) is 4.75. The van der Waals surface area contributed by atoms with E-state index < -0.39 is 0 Å². The fraction of sp³-hybridized carbons (Fsp3) is 0.600. The van der Waals surface area contributed by atoms with Crippen LogP contribution in [0.3, 0.4) is 0 Å². The summed E-state index contributed by atoms with van der Waals surface area (Å²) in [5, 5.41) is 12.7. The first kappa shape index (κ1) is 13.5. The molecule has 0 unspecified atom stereocenters. The van der Waals surface area contributed by atoms with E-state index in [2.05, 4.69) is 42.3 Å². The molecule has 0 spiro atoms. The van der Waals surface area contributed by atoms with Crippen LogP contribution >= 0.6 is 0 Å². The third kappa shape index (κ3) is 2.91. The second-order valence-corrected chi connectivity index (χ2v) is 5.10. The summed E-state index contributed by atoms with van der Waals surface area (Å²) in [5.41, 5.74) is 4.09. The topological polar surface area (TPSA) is 35.5 Å². The molecule has 1 fully saturated rings. The zero-order valence-corrected chi connectivity index (χ0v) is 11.4. The van der Waals surface area contributed by atoms with Crippen LogP contribution in [-0.4, -0.2) is 42.8 Å². The van der Waals surface area contributed by atoms with E-state index in [9.17, 15) is 5.11 Å². The van der Waals surface area contributed by atoms with E-state index in [1.165, 1.54) is 16.7 Å². The summed E-state index contributed by atoms with van der Waals surface area (Å²) in [6.07, 6.45) is 0.824. The third-order valence-electron chi connectivity index (χ3n) is 4.00. The maximum Gasteiger partial charge on any atom is 0.0449 e. The molecular formula is C15H24N2O. The maximum absolute atomic E-state index is 9.35. The highest BCUT2D eigenvalue weighted by Gasteiger charge is 2.23. The zero-order valence-electron chi connectivity index (χ0n) is 11.4. The lowest BCUT2D eigenvalue weighted by Crippen LogP contribution is -2.45. The standard InChI is InChI=1S/C15H24N2O/c1-12-4-3-5-14(13(12)2)15(6-11-18)17-9-7-16-8-10-17/h3-5,15-16,18H,6-11H2,1-2H3/t15-/m1/s1. The van der Waals surface area contributed by atoms with Crippen LogP contribution in [0.15, 0.2) is 18.2 Å². The molecule has 0 aliphatic carbocycles. The summed E-state index contributed by atoms with van der Waals surface area (Å²) >= 11 is 0. The molecule has 2 N–H and O–H groups in total. The van der Waals surface area contributed by atoms with Crippen molar-refractivity contribution < 1.29 is 5.11 Å². The zero-order chi connectivity index (χ0) is 13.0. The number of hydrogen-bond donors (Lipinski definition) is 2. The normalized spacial score (nSPS) is 18.8. The molecule has 0 saturated carbocycles. The van der Waals surface area contributed by atoms with Crippen LogP contribution in [0.1, 0.15) is 29.2 Å². The summed E-state index contributed by atoms with van der Waals surface area (Å²) in [5.74, 6) is 0. The van der Waals surface area contributed by atoms with Crippen molar-refractivity contribution in [3.63, 3.8) is 0 Å². The molecule has 1 atom stereocenters. The van der Waals surface area contributed by atoms with Gasteiger partial charge in [-0.2, -0.15) is 0 Å². The minimum absolute atomic E-state index is 0.252. The van der Waals surface area contributed by atoms with Gasteiger partial charge in [0.1, 0.15) is 0 Å². The largest absolute Gasteiger partial charge is 0.396 e. The summed E-state index contributed by atoms with van der Waals surface area (Å²) in [7, 11) is 0. The van der Waals surface area contributed by atoms with Crippen LogP contribution in [-0.2, 0) is 0 Å². The SMILES string of the molecule is Cc1cccc([C@@H](CCO)N2CCNCC2)c1C. The van der Waals surface area contributed by atoms with Gasteiger partial charge >= 0.3 is 0 Å². The van der Waals surface area contributed by atoms with Crippen LogP contribution < -0.4 is 5.32 Å². The molecule has 1 aromatic carbocycles. The van der Waals surface area contributed by atoms with Gasteiger partial charge in [0, 0.05) is 38.8 Å². The Morgan fingerprint density at radius 2 is 2.00 bits per heavy atom. The second kappa shape index (κ2) is 6.32. The van der Waals surface area contributed by atoms with Gasteiger partial charge in [-0.1, -0.05) is 18.2 Å². The Bertz CT molecular complexity index is 386. The Morgan fingerprint density at radius 3 is 2.67 bits per heavy atom. The Labute approximate surface area is 110 Å². The van der Waals surface area contributed by atoms with Crippen LogP contribution in [0.2, 0.25) is 0 Å². The fourth-order valence-electron chi connectivity index (χ4n) is 2.79. The van der Waals surface area contributed by atoms with E-state index in [0.29, 0.717) is 6.04 Å². The van der Waals surface area contributed by atoms with Crippen LogP contribution in [0.4, 0.5) is 0 Å². The van der Waals surface area contributed by atoms with Gasteiger partial charge in [0.25, 0.3) is 0 Å². The lowest BCUT2D eigenvalue weighted by Gasteiger charge is -2.36. The number of aryl methyl sites for hydroxylation is 1. The second-order valence-electron chi connectivity index (χ2n) is 5.10. The molecule has 1 saturated heterocycles. The van der Waals surface area contributed by atoms with Crippen molar-refractivity contribution in [2.45, 2.75) is 26.3 Å². The Hall–Kier alpha value is -0.900. The number of hydrogen-bond acceptors (Lipinski definition) is 3. The molecule has 0 aromatic heterocycles. The summed E-state index contributed by atoms with van der Waals surface area (Å²) in [6, 6.07) is 6.86. The lowest BCUT2D eigenvalue weighted by atomic mass is 9.94. The van der Waals surface area contributed by atoms with Crippen molar-refractivity contribution in [1.82, 2.24) is 10.2 Å². The van der Waals surface area contributed by atoms with Crippen molar-refractivity contribution in [1.29, 1.82) is 0 Å². The maximum atomic E-state index is 9.35. The minimum atomic E-state index is 0.252. The smallest absolute Gasteiger partial charge is 0.0449 e. The minimum Gasteiger partial charge on any atom is -0.396 e. The average molecular weight is 248 g/mol. The monoisotopic (exact) mass is 248 g/mol. The Morgan fingerprint density at radius 1 is 1.28 bits per heavy atom. The summed E-state index contributed by atoms with van der Waals surface area (Å²) < 4.78 is 0. The average Bonchev–Trinajstić information content (AvgIpc) is 2.41. The predicted molar refractivity (Wildman–Crippen MR) is 74.8 cm³/mol. The van der Waals surface area contributed by atoms with E-state index >= 15 is 0 Å². The van der Waals surface area contributed by atoms with E-state index in [0.717, 1.165) is 32.6 Å². The van der Waals surface area contributed by atoms with Crippen LogP contribution in [0.25, 0.3) is 0 Å². The van der Waals surface area contributed by atoms with Gasteiger partial charge in [-0.3, -0.25) is 4.90 Å². The van der Waals surface area contributed by atoms with Crippen LogP contribution in [0, 0.1) is 13.8 Å². The highest BCUT2D eigenvalue weighted by molar-refractivity contribution is 5.35. The molecule has 18 heavy (non-hydrogen) atoms. The molecule has 3 nitrogen and oxygen atoms in total. The first-order valence-electron chi connectivity index (χ1n) is 6.85. The number of piperazine rings is 1. The molecular weight excluding hydrogens is 224 g/mol. The van der Waals surface area contributed by atoms with E-state index in [-0.39, 0.29) is 6.61 Å². The highest BCUT2D eigenvalue weighted by atomic mass is 16.3. The first-order valence-corrected chi connectivity index (χ1v) is 6.85. The van der Waals surface area contributed by atoms with Crippen molar-refractivity contribution in [3.8, 4) is 0 Å². The Balaban J connectivity index is 2.25. The van der Waals surface area contributed by atoms with E-state index in [1.54, 1.807) is 0 Å². The van der Waals surface area contributed by atoms with E-state index in [1.807, 2.05) is 0 Å². The van der Waals surface area contributed by atoms with Gasteiger partial charge in [0.15, 0.2) is 0 Å².